The number of aliphatic hydroxyl groups is 1. The van der Waals surface area contributed by atoms with Gasteiger partial charge >= 0.3 is 6.01 Å². The molecule has 3 aliphatic rings. The molecule has 2 saturated carbocycles. The molecule has 1 aromatic carbocycles. The normalized spacial score (nSPS) is 19.0. The van der Waals surface area contributed by atoms with Crippen molar-refractivity contribution in [1.29, 1.82) is 0 Å². The molecule has 3 heterocycles. The van der Waals surface area contributed by atoms with E-state index in [0.29, 0.717) is 28.5 Å². The highest BCUT2D eigenvalue weighted by Crippen LogP contribution is 2.54. The van der Waals surface area contributed by atoms with Crippen LogP contribution in [0.25, 0.3) is 17.1 Å². The summed E-state index contributed by atoms with van der Waals surface area (Å²) in [5.74, 6) is -0.354. The lowest BCUT2D eigenvalue weighted by atomic mass is 9.93. The molecule has 39 heavy (non-hydrogen) atoms. The van der Waals surface area contributed by atoms with Crippen LogP contribution in [0.4, 0.5) is 11.4 Å². The van der Waals surface area contributed by atoms with Crippen LogP contribution < -0.4 is 14.4 Å². The summed E-state index contributed by atoms with van der Waals surface area (Å²) < 4.78 is 35.0. The first kappa shape index (κ1) is 26.0. The predicted octanol–water partition coefficient (Wildman–Crippen LogP) is 3.47. The number of nitrogens with zero attached hydrogens (tertiary/aromatic N) is 6. The highest BCUT2D eigenvalue weighted by molar-refractivity contribution is 7.92. The van der Waals surface area contributed by atoms with Crippen LogP contribution >= 0.6 is 0 Å². The Kier molecular flexibility index (Phi) is 6.92. The van der Waals surface area contributed by atoms with Crippen molar-refractivity contribution >= 4 is 21.4 Å². The molecule has 3 fully saturated rings. The summed E-state index contributed by atoms with van der Waals surface area (Å²) in [5.41, 5.74) is 4.69. The zero-order chi connectivity index (χ0) is 27.0. The molecule has 11 nitrogen and oxygen atoms in total. The van der Waals surface area contributed by atoms with Crippen LogP contribution in [0.3, 0.4) is 0 Å². The van der Waals surface area contributed by atoms with Crippen LogP contribution in [0.5, 0.6) is 6.01 Å². The number of aryl methyl sites for hydroxylation is 1. The van der Waals surface area contributed by atoms with E-state index in [1.54, 1.807) is 10.7 Å². The summed E-state index contributed by atoms with van der Waals surface area (Å²) >= 11 is 0. The number of anilines is 2. The third-order valence-electron chi connectivity index (χ3n) is 8.14. The molecular weight excluding hydrogens is 518 g/mol. The number of aliphatic hydroxyl groups excluding tert-OH is 1. The largest absolute Gasteiger partial charge is 0.460 e. The van der Waals surface area contributed by atoms with E-state index in [0.717, 1.165) is 55.8 Å². The van der Waals surface area contributed by atoms with Gasteiger partial charge in [-0.25, -0.2) is 18.1 Å². The van der Waals surface area contributed by atoms with Gasteiger partial charge in [0.2, 0.25) is 10.0 Å². The number of rotatable bonds is 9. The van der Waals surface area contributed by atoms with E-state index in [-0.39, 0.29) is 11.9 Å². The third-order valence-corrected chi connectivity index (χ3v) is 9.41. The fraction of sp³-hybridized carbons (Fsp3) is 0.556. The second kappa shape index (κ2) is 10.4. The Morgan fingerprint density at radius 2 is 1.82 bits per heavy atom. The van der Waals surface area contributed by atoms with Crippen LogP contribution in [0.15, 0.2) is 30.5 Å². The lowest BCUT2D eigenvalue weighted by molar-refractivity contribution is 0.192. The number of piperidine rings is 1. The van der Waals surface area contributed by atoms with Crippen molar-refractivity contribution in [2.45, 2.75) is 64.4 Å². The molecule has 1 spiro atoms. The maximum atomic E-state index is 12.3. The van der Waals surface area contributed by atoms with Crippen LogP contribution in [0.2, 0.25) is 0 Å². The minimum absolute atomic E-state index is 0.158. The Balaban J connectivity index is 1.30. The van der Waals surface area contributed by atoms with Gasteiger partial charge in [0.1, 0.15) is 11.8 Å². The standard InChI is InChI=1S/C27H35N7O4S/c1-19-16-22(29-26(28-19)38-21-4-2-3-5-21)23-18-34(32-30-23)24-7-6-20(31-39(36,37)15-14-35)17-25(24)33-12-10-27(8-9-27)11-13-33/h6-7,16-18,21,31,35H,2-5,8-15H2,1H3. The van der Waals surface area contributed by atoms with Crippen molar-refractivity contribution < 1.29 is 18.3 Å². The summed E-state index contributed by atoms with van der Waals surface area (Å²) in [7, 11) is -3.65. The maximum absolute atomic E-state index is 12.3. The summed E-state index contributed by atoms with van der Waals surface area (Å²) in [6.07, 6.45) is 11.2. The maximum Gasteiger partial charge on any atom is 0.317 e. The summed E-state index contributed by atoms with van der Waals surface area (Å²) in [5, 5.41) is 18.0. The molecule has 0 atom stereocenters. The van der Waals surface area contributed by atoms with E-state index in [9.17, 15) is 8.42 Å². The number of benzene rings is 1. The van der Waals surface area contributed by atoms with Crippen LogP contribution in [-0.2, 0) is 10.0 Å². The summed E-state index contributed by atoms with van der Waals surface area (Å²) in [6, 6.07) is 7.65. The molecule has 2 aromatic heterocycles. The zero-order valence-corrected chi connectivity index (χ0v) is 23.0. The van der Waals surface area contributed by atoms with E-state index in [2.05, 4.69) is 29.9 Å². The number of hydrogen-bond donors (Lipinski definition) is 2. The Bertz CT molecular complexity index is 1440. The second-order valence-corrected chi connectivity index (χ2v) is 12.9. The van der Waals surface area contributed by atoms with Gasteiger partial charge in [-0.15, -0.1) is 5.10 Å². The third kappa shape index (κ3) is 5.86. The second-order valence-electron chi connectivity index (χ2n) is 11.1. The van der Waals surface area contributed by atoms with Gasteiger partial charge in [0.05, 0.1) is 41.3 Å². The minimum atomic E-state index is -3.65. The molecule has 0 amide bonds. The van der Waals surface area contributed by atoms with E-state index in [1.807, 2.05) is 31.3 Å². The first-order valence-corrected chi connectivity index (χ1v) is 15.4. The molecule has 12 heteroatoms. The predicted molar refractivity (Wildman–Crippen MR) is 148 cm³/mol. The SMILES string of the molecule is Cc1cc(-c2cn(-c3ccc(NS(=O)(=O)CCO)cc3N3CCC4(CC3)CC4)nn2)nc(OC2CCCC2)n1. The Morgan fingerprint density at radius 3 is 2.54 bits per heavy atom. The molecule has 1 aliphatic heterocycles. The van der Waals surface area contributed by atoms with E-state index >= 15 is 0 Å². The monoisotopic (exact) mass is 553 g/mol. The fourth-order valence-electron chi connectivity index (χ4n) is 5.66. The summed E-state index contributed by atoms with van der Waals surface area (Å²) in [6.45, 7) is 3.27. The number of aromatic nitrogens is 5. The average Bonchev–Trinajstić information content (AvgIpc) is 3.27. The van der Waals surface area contributed by atoms with Crippen LogP contribution in [-0.4, -0.2) is 70.0 Å². The van der Waals surface area contributed by atoms with Gasteiger partial charge in [0, 0.05) is 18.8 Å². The molecule has 2 aliphatic carbocycles. The molecular formula is C27H35N7O4S. The minimum Gasteiger partial charge on any atom is -0.460 e. The summed E-state index contributed by atoms with van der Waals surface area (Å²) in [4.78, 5) is 11.4. The highest BCUT2D eigenvalue weighted by Gasteiger charge is 2.44. The van der Waals surface area contributed by atoms with Crippen molar-refractivity contribution in [3.63, 3.8) is 0 Å². The molecule has 2 N–H and O–H groups in total. The lowest BCUT2D eigenvalue weighted by Gasteiger charge is -2.35. The number of hydrogen-bond acceptors (Lipinski definition) is 9. The van der Waals surface area contributed by atoms with Crippen molar-refractivity contribution in [2.24, 2.45) is 5.41 Å². The molecule has 0 radical (unpaired) electrons. The number of nitrogens with one attached hydrogen (secondary N) is 1. The van der Waals surface area contributed by atoms with Gasteiger partial charge in [-0.1, -0.05) is 5.21 Å². The van der Waals surface area contributed by atoms with Crippen molar-refractivity contribution in [3.05, 3.63) is 36.2 Å². The molecule has 208 valence electrons. The van der Waals surface area contributed by atoms with Gasteiger partial charge in [-0.3, -0.25) is 4.72 Å². The molecule has 1 saturated heterocycles. The van der Waals surface area contributed by atoms with Crippen molar-refractivity contribution in [3.8, 4) is 23.1 Å². The smallest absolute Gasteiger partial charge is 0.317 e. The van der Waals surface area contributed by atoms with E-state index in [4.69, 9.17) is 9.84 Å². The van der Waals surface area contributed by atoms with Crippen molar-refractivity contribution in [1.82, 2.24) is 25.0 Å². The Hall–Kier alpha value is -3.25. The molecule has 6 rings (SSSR count). The van der Waals surface area contributed by atoms with Gasteiger partial charge in [0.25, 0.3) is 0 Å². The van der Waals surface area contributed by atoms with Gasteiger partial charge in [0.15, 0.2) is 0 Å². The zero-order valence-electron chi connectivity index (χ0n) is 22.2. The van der Waals surface area contributed by atoms with Crippen LogP contribution in [0, 0.1) is 12.3 Å². The van der Waals surface area contributed by atoms with Gasteiger partial charge in [-0.2, -0.15) is 4.98 Å². The number of ether oxygens (including phenoxy) is 1. The molecule has 0 unspecified atom stereocenters. The quantitative estimate of drug-likeness (QED) is 0.408. The van der Waals surface area contributed by atoms with Gasteiger partial charge < -0.3 is 14.7 Å². The first-order valence-electron chi connectivity index (χ1n) is 13.8. The van der Waals surface area contributed by atoms with E-state index in [1.165, 1.54) is 25.7 Å². The highest BCUT2D eigenvalue weighted by atomic mass is 32.2. The fourth-order valence-corrected chi connectivity index (χ4v) is 6.49. The Morgan fingerprint density at radius 1 is 1.05 bits per heavy atom. The first-order chi connectivity index (χ1) is 18.8. The van der Waals surface area contributed by atoms with E-state index < -0.39 is 16.6 Å². The Labute approximate surface area is 228 Å². The molecule has 0 bridgehead atoms. The topological polar surface area (TPSA) is 135 Å². The van der Waals surface area contributed by atoms with Gasteiger partial charge in [-0.05, 0) is 88.0 Å². The molecule has 3 aromatic rings. The van der Waals surface area contributed by atoms with Crippen LogP contribution in [0.1, 0.15) is 57.1 Å². The number of sulfonamides is 1. The van der Waals surface area contributed by atoms with Crippen molar-refractivity contribution in [2.75, 3.05) is 35.1 Å². The lowest BCUT2D eigenvalue weighted by Crippen LogP contribution is -2.35. The average molecular weight is 554 g/mol.